The van der Waals surface area contributed by atoms with Crippen LogP contribution in [0.1, 0.15) is 33.2 Å². The van der Waals surface area contributed by atoms with E-state index >= 15 is 0 Å². The molecule has 0 aliphatic carbocycles. The first kappa shape index (κ1) is 22.9. The van der Waals surface area contributed by atoms with Crippen LogP contribution in [0.4, 0.5) is 5.69 Å². The standard InChI is InChI=1S/C22H26N2O6/c1-5-30-17-9-6-15(7-10-17)13-24(2)14-20(25)23-19-12-16(21(26)28-3)8-11-18(19)22(27)29-4/h6-12H,5,13-14H2,1-4H3,(H,23,25). The maximum atomic E-state index is 12.5. The van der Waals surface area contributed by atoms with E-state index in [1.54, 1.807) is 0 Å². The van der Waals surface area contributed by atoms with Gasteiger partial charge >= 0.3 is 11.9 Å². The van der Waals surface area contributed by atoms with Crippen LogP contribution in [-0.2, 0) is 20.8 Å². The number of esters is 2. The summed E-state index contributed by atoms with van der Waals surface area (Å²) in [4.78, 5) is 38.1. The van der Waals surface area contributed by atoms with Gasteiger partial charge in [-0.05, 0) is 49.9 Å². The molecule has 0 atom stereocenters. The van der Waals surface area contributed by atoms with E-state index in [1.807, 2.05) is 43.1 Å². The molecule has 30 heavy (non-hydrogen) atoms. The summed E-state index contributed by atoms with van der Waals surface area (Å²) < 4.78 is 14.9. The molecule has 8 nitrogen and oxygen atoms in total. The van der Waals surface area contributed by atoms with Gasteiger partial charge in [-0.25, -0.2) is 9.59 Å². The zero-order valence-electron chi connectivity index (χ0n) is 17.6. The van der Waals surface area contributed by atoms with Crippen LogP contribution >= 0.6 is 0 Å². The molecule has 0 heterocycles. The minimum atomic E-state index is -0.621. The fourth-order valence-corrected chi connectivity index (χ4v) is 2.84. The van der Waals surface area contributed by atoms with Gasteiger partial charge in [0.2, 0.25) is 5.91 Å². The smallest absolute Gasteiger partial charge is 0.339 e. The van der Waals surface area contributed by atoms with Crippen LogP contribution in [0.15, 0.2) is 42.5 Å². The summed E-state index contributed by atoms with van der Waals surface area (Å²) >= 11 is 0. The molecular formula is C22H26N2O6. The Balaban J connectivity index is 2.06. The van der Waals surface area contributed by atoms with Gasteiger partial charge in [0.25, 0.3) is 0 Å². The van der Waals surface area contributed by atoms with Gasteiger partial charge in [-0.1, -0.05) is 12.1 Å². The largest absolute Gasteiger partial charge is 0.494 e. The van der Waals surface area contributed by atoms with E-state index in [9.17, 15) is 14.4 Å². The maximum Gasteiger partial charge on any atom is 0.339 e. The number of benzene rings is 2. The summed E-state index contributed by atoms with van der Waals surface area (Å²) in [6.45, 7) is 3.15. The van der Waals surface area contributed by atoms with Gasteiger partial charge < -0.3 is 19.5 Å². The van der Waals surface area contributed by atoms with Gasteiger partial charge in [-0.15, -0.1) is 0 Å². The number of hydrogen-bond acceptors (Lipinski definition) is 7. The summed E-state index contributed by atoms with van der Waals surface area (Å²) in [5.74, 6) is -0.739. The lowest BCUT2D eigenvalue weighted by Crippen LogP contribution is -2.30. The molecule has 0 fully saturated rings. The van der Waals surface area contributed by atoms with Gasteiger partial charge in [0, 0.05) is 6.54 Å². The lowest BCUT2D eigenvalue weighted by molar-refractivity contribution is -0.117. The number of amides is 1. The van der Waals surface area contributed by atoms with Crippen molar-refractivity contribution in [3.8, 4) is 5.75 Å². The third kappa shape index (κ3) is 6.31. The monoisotopic (exact) mass is 414 g/mol. The average molecular weight is 414 g/mol. The quantitative estimate of drug-likeness (QED) is 0.631. The highest BCUT2D eigenvalue weighted by Crippen LogP contribution is 2.20. The number of carbonyl (C=O) groups is 3. The molecule has 160 valence electrons. The normalized spacial score (nSPS) is 10.4. The second kappa shape index (κ2) is 11.0. The van der Waals surface area contributed by atoms with E-state index in [4.69, 9.17) is 14.2 Å². The zero-order chi connectivity index (χ0) is 22.1. The molecule has 8 heteroatoms. The van der Waals surface area contributed by atoms with E-state index in [0.717, 1.165) is 11.3 Å². The zero-order valence-corrected chi connectivity index (χ0v) is 17.6. The van der Waals surface area contributed by atoms with Crippen molar-refractivity contribution in [2.24, 2.45) is 0 Å². The van der Waals surface area contributed by atoms with E-state index in [-0.39, 0.29) is 29.3 Å². The van der Waals surface area contributed by atoms with Crippen LogP contribution in [0.2, 0.25) is 0 Å². The van der Waals surface area contributed by atoms with Crippen LogP contribution in [0, 0.1) is 0 Å². The third-order valence-corrected chi connectivity index (χ3v) is 4.22. The van der Waals surface area contributed by atoms with Crippen LogP contribution in [0.3, 0.4) is 0 Å². The number of anilines is 1. The number of nitrogens with zero attached hydrogens (tertiary/aromatic N) is 1. The van der Waals surface area contributed by atoms with Crippen molar-refractivity contribution in [2.75, 3.05) is 39.7 Å². The van der Waals surface area contributed by atoms with E-state index in [0.29, 0.717) is 13.2 Å². The number of rotatable bonds is 9. The Labute approximate surface area is 175 Å². The fraction of sp³-hybridized carbons (Fsp3) is 0.318. The first-order chi connectivity index (χ1) is 14.4. The van der Waals surface area contributed by atoms with Crippen molar-refractivity contribution in [2.45, 2.75) is 13.5 Å². The van der Waals surface area contributed by atoms with Crippen molar-refractivity contribution in [1.82, 2.24) is 4.90 Å². The predicted molar refractivity (Wildman–Crippen MR) is 112 cm³/mol. The molecule has 2 aromatic carbocycles. The minimum Gasteiger partial charge on any atom is -0.494 e. The van der Waals surface area contributed by atoms with Crippen molar-refractivity contribution < 1.29 is 28.6 Å². The molecule has 0 radical (unpaired) electrons. The van der Waals surface area contributed by atoms with Crippen LogP contribution in [0.5, 0.6) is 5.75 Å². The molecule has 2 aromatic rings. The first-order valence-corrected chi connectivity index (χ1v) is 9.38. The van der Waals surface area contributed by atoms with Gasteiger partial charge in [0.1, 0.15) is 5.75 Å². The van der Waals surface area contributed by atoms with Crippen molar-refractivity contribution >= 4 is 23.5 Å². The second-order valence-corrected chi connectivity index (χ2v) is 6.54. The van der Waals surface area contributed by atoms with Crippen LogP contribution in [-0.4, -0.2) is 57.2 Å². The Kier molecular flexibility index (Phi) is 8.37. The molecule has 1 N–H and O–H groups in total. The van der Waals surface area contributed by atoms with Crippen LogP contribution < -0.4 is 10.1 Å². The lowest BCUT2D eigenvalue weighted by atomic mass is 10.1. The Morgan fingerprint density at radius 2 is 1.63 bits per heavy atom. The van der Waals surface area contributed by atoms with Gasteiger partial charge in [-0.2, -0.15) is 0 Å². The molecule has 0 saturated carbocycles. The second-order valence-electron chi connectivity index (χ2n) is 6.54. The Morgan fingerprint density at radius 1 is 0.967 bits per heavy atom. The summed E-state index contributed by atoms with van der Waals surface area (Å²) in [7, 11) is 4.31. The molecule has 0 spiro atoms. The number of hydrogen-bond donors (Lipinski definition) is 1. The molecule has 0 saturated heterocycles. The topological polar surface area (TPSA) is 94.2 Å². The van der Waals surface area contributed by atoms with Gasteiger partial charge in [0.15, 0.2) is 0 Å². The summed E-state index contributed by atoms with van der Waals surface area (Å²) in [6, 6.07) is 11.9. The molecule has 0 aliphatic heterocycles. The maximum absolute atomic E-state index is 12.5. The van der Waals surface area contributed by atoms with Gasteiger partial charge in [0.05, 0.1) is 44.2 Å². The summed E-state index contributed by atoms with van der Waals surface area (Å²) in [5, 5.41) is 2.68. The lowest BCUT2D eigenvalue weighted by Gasteiger charge is -2.17. The fourth-order valence-electron chi connectivity index (χ4n) is 2.84. The van der Waals surface area contributed by atoms with Crippen LogP contribution in [0.25, 0.3) is 0 Å². The van der Waals surface area contributed by atoms with Crippen molar-refractivity contribution in [1.29, 1.82) is 0 Å². The Morgan fingerprint density at radius 3 is 2.23 bits per heavy atom. The highest BCUT2D eigenvalue weighted by Gasteiger charge is 2.18. The first-order valence-electron chi connectivity index (χ1n) is 9.38. The molecular weight excluding hydrogens is 388 g/mol. The van der Waals surface area contributed by atoms with Gasteiger partial charge in [-0.3, -0.25) is 9.69 Å². The number of carbonyl (C=O) groups excluding carboxylic acids is 3. The number of likely N-dealkylation sites (N-methyl/N-ethyl adjacent to an activating group) is 1. The number of methoxy groups -OCH3 is 2. The molecule has 0 bridgehead atoms. The summed E-state index contributed by atoms with van der Waals surface area (Å²) in [5.41, 5.74) is 1.57. The van der Waals surface area contributed by atoms with Crippen molar-refractivity contribution in [3.63, 3.8) is 0 Å². The number of ether oxygens (including phenoxy) is 3. The molecule has 0 aliphatic rings. The predicted octanol–water partition coefficient (Wildman–Crippen LogP) is 2.73. The SMILES string of the molecule is CCOc1ccc(CN(C)CC(=O)Nc2cc(C(=O)OC)ccc2C(=O)OC)cc1. The van der Waals surface area contributed by atoms with E-state index in [1.165, 1.54) is 32.4 Å². The molecule has 1 amide bonds. The summed E-state index contributed by atoms with van der Waals surface area (Å²) in [6.07, 6.45) is 0. The molecule has 2 rings (SSSR count). The van der Waals surface area contributed by atoms with Crippen molar-refractivity contribution in [3.05, 3.63) is 59.2 Å². The Hall–Kier alpha value is -3.39. The Bertz CT molecular complexity index is 895. The average Bonchev–Trinajstić information content (AvgIpc) is 2.74. The number of nitrogens with one attached hydrogen (secondary N) is 1. The van der Waals surface area contributed by atoms with E-state index < -0.39 is 11.9 Å². The highest BCUT2D eigenvalue weighted by molar-refractivity contribution is 6.03. The highest BCUT2D eigenvalue weighted by atomic mass is 16.5. The molecule has 0 aromatic heterocycles. The van der Waals surface area contributed by atoms with E-state index in [2.05, 4.69) is 5.32 Å². The minimum absolute atomic E-state index is 0.0796. The molecule has 0 unspecified atom stereocenters. The third-order valence-electron chi connectivity index (χ3n) is 4.22.